The van der Waals surface area contributed by atoms with Gasteiger partial charge < -0.3 is 0 Å². The summed E-state index contributed by atoms with van der Waals surface area (Å²) in [5, 5.41) is 0.815. The molecular formula is C13H25BrO2S. The van der Waals surface area contributed by atoms with Gasteiger partial charge in [-0.25, -0.2) is 8.42 Å². The molecule has 0 heterocycles. The van der Waals surface area contributed by atoms with Crippen molar-refractivity contribution >= 4 is 25.8 Å². The summed E-state index contributed by atoms with van der Waals surface area (Å²) in [6.45, 7) is 5.42. The lowest BCUT2D eigenvalue weighted by Gasteiger charge is -2.33. The molecule has 0 aromatic rings. The van der Waals surface area contributed by atoms with Crippen LogP contribution in [0.1, 0.15) is 59.3 Å². The molecule has 0 aromatic heterocycles. The standard InChI is InChI=1S/C13H25BrO2S/c1-12(2,3)17(15,16)11-13(10-14)8-6-4-5-7-9-13/h4-11H2,1-3H3. The number of rotatable bonds is 3. The van der Waals surface area contributed by atoms with Crippen LogP contribution in [0.25, 0.3) is 0 Å². The minimum absolute atomic E-state index is 0.0252. The molecule has 0 spiro atoms. The largest absolute Gasteiger partial charge is 0.228 e. The molecule has 0 amide bonds. The third kappa shape index (κ3) is 3.95. The molecule has 1 saturated carbocycles. The van der Waals surface area contributed by atoms with E-state index in [4.69, 9.17) is 0 Å². The maximum atomic E-state index is 12.4. The summed E-state index contributed by atoms with van der Waals surface area (Å²) >= 11 is 3.56. The minimum Gasteiger partial charge on any atom is -0.228 e. The van der Waals surface area contributed by atoms with Gasteiger partial charge in [-0.05, 0) is 39.0 Å². The van der Waals surface area contributed by atoms with E-state index in [0.717, 1.165) is 18.2 Å². The SMILES string of the molecule is CC(C)(C)S(=O)(=O)CC1(CBr)CCCCCC1. The molecule has 0 aromatic carbocycles. The average Bonchev–Trinajstić information content (AvgIpc) is 2.42. The minimum atomic E-state index is -3.01. The molecule has 0 saturated heterocycles. The normalized spacial score (nSPS) is 22.1. The Bertz CT molecular complexity index is 333. The van der Waals surface area contributed by atoms with E-state index < -0.39 is 14.6 Å². The number of sulfone groups is 1. The topological polar surface area (TPSA) is 34.1 Å². The van der Waals surface area contributed by atoms with Crippen LogP contribution in [0.2, 0.25) is 0 Å². The Hall–Kier alpha value is 0.430. The monoisotopic (exact) mass is 324 g/mol. The van der Waals surface area contributed by atoms with Crippen LogP contribution in [0, 0.1) is 5.41 Å². The van der Waals surface area contributed by atoms with Gasteiger partial charge in [0, 0.05) is 5.33 Å². The Labute approximate surface area is 115 Å². The fourth-order valence-corrected chi connectivity index (χ4v) is 5.07. The van der Waals surface area contributed by atoms with Crippen LogP contribution < -0.4 is 0 Å². The van der Waals surface area contributed by atoms with Crippen LogP contribution in [-0.4, -0.2) is 24.2 Å². The first-order valence-corrected chi connectivity index (χ1v) is 9.28. The summed E-state index contributed by atoms with van der Waals surface area (Å²) in [5.74, 6) is 0.342. The Balaban J connectivity index is 2.88. The lowest BCUT2D eigenvalue weighted by Crippen LogP contribution is -2.39. The summed E-state index contributed by atoms with van der Waals surface area (Å²) in [4.78, 5) is 0. The molecule has 4 heteroatoms. The fourth-order valence-electron chi connectivity index (χ4n) is 2.41. The lowest BCUT2D eigenvalue weighted by atomic mass is 9.85. The second kappa shape index (κ2) is 5.60. The molecule has 0 unspecified atom stereocenters. The number of halogens is 1. The zero-order valence-corrected chi connectivity index (χ0v) is 13.7. The highest BCUT2D eigenvalue weighted by atomic mass is 79.9. The van der Waals surface area contributed by atoms with Crippen LogP contribution in [-0.2, 0) is 9.84 Å². The third-order valence-electron chi connectivity index (χ3n) is 3.88. The van der Waals surface area contributed by atoms with Crippen molar-refractivity contribution in [3.05, 3.63) is 0 Å². The number of alkyl halides is 1. The second-order valence-electron chi connectivity index (χ2n) is 6.42. The Morgan fingerprint density at radius 3 is 1.88 bits per heavy atom. The molecule has 1 rings (SSSR count). The van der Waals surface area contributed by atoms with Gasteiger partial charge >= 0.3 is 0 Å². The molecule has 0 aliphatic heterocycles. The van der Waals surface area contributed by atoms with Gasteiger partial charge in [-0.1, -0.05) is 41.6 Å². The molecule has 0 radical (unpaired) electrons. The molecule has 1 fully saturated rings. The van der Waals surface area contributed by atoms with E-state index in [1.165, 1.54) is 25.7 Å². The van der Waals surface area contributed by atoms with Gasteiger partial charge in [0.1, 0.15) is 0 Å². The molecular weight excluding hydrogens is 300 g/mol. The van der Waals surface area contributed by atoms with E-state index >= 15 is 0 Å². The quantitative estimate of drug-likeness (QED) is 0.582. The van der Waals surface area contributed by atoms with Gasteiger partial charge in [0.05, 0.1) is 10.5 Å². The lowest BCUT2D eigenvalue weighted by molar-refractivity contribution is 0.325. The van der Waals surface area contributed by atoms with Crippen molar-refractivity contribution in [1.82, 2.24) is 0 Å². The average molecular weight is 325 g/mol. The van der Waals surface area contributed by atoms with Crippen molar-refractivity contribution in [2.45, 2.75) is 64.0 Å². The first kappa shape index (κ1) is 15.5. The molecule has 0 atom stereocenters. The molecule has 1 aliphatic rings. The summed E-state index contributed by atoms with van der Waals surface area (Å²) in [6.07, 6.45) is 6.95. The maximum Gasteiger partial charge on any atom is 0.155 e. The van der Waals surface area contributed by atoms with Crippen molar-refractivity contribution in [3.63, 3.8) is 0 Å². The summed E-state index contributed by atoms with van der Waals surface area (Å²) in [7, 11) is -3.01. The van der Waals surface area contributed by atoms with Crippen LogP contribution in [0.5, 0.6) is 0 Å². The molecule has 102 valence electrons. The van der Waals surface area contributed by atoms with Crippen LogP contribution in [0.15, 0.2) is 0 Å². The van der Waals surface area contributed by atoms with Crippen molar-refractivity contribution in [2.24, 2.45) is 5.41 Å². The Morgan fingerprint density at radius 1 is 1.06 bits per heavy atom. The zero-order chi connectivity index (χ0) is 13.2. The van der Waals surface area contributed by atoms with Crippen LogP contribution in [0.4, 0.5) is 0 Å². The van der Waals surface area contributed by atoms with E-state index in [-0.39, 0.29) is 5.41 Å². The van der Waals surface area contributed by atoms with E-state index in [1.54, 1.807) is 20.8 Å². The van der Waals surface area contributed by atoms with Gasteiger partial charge in [0.25, 0.3) is 0 Å². The van der Waals surface area contributed by atoms with Gasteiger partial charge in [-0.2, -0.15) is 0 Å². The van der Waals surface area contributed by atoms with Crippen molar-refractivity contribution in [3.8, 4) is 0 Å². The highest BCUT2D eigenvalue weighted by Crippen LogP contribution is 2.39. The fraction of sp³-hybridized carbons (Fsp3) is 1.00. The summed E-state index contributed by atoms with van der Waals surface area (Å²) < 4.78 is 24.1. The van der Waals surface area contributed by atoms with Gasteiger partial charge in [-0.15, -0.1) is 0 Å². The third-order valence-corrected chi connectivity index (χ3v) is 7.92. The van der Waals surface area contributed by atoms with E-state index in [2.05, 4.69) is 15.9 Å². The van der Waals surface area contributed by atoms with Gasteiger partial charge in [0.15, 0.2) is 9.84 Å². The molecule has 0 N–H and O–H groups in total. The Kier molecular flexibility index (Phi) is 5.10. The summed E-state index contributed by atoms with van der Waals surface area (Å²) in [5.41, 5.74) is -0.0252. The maximum absolute atomic E-state index is 12.4. The van der Waals surface area contributed by atoms with E-state index in [1.807, 2.05) is 0 Å². The van der Waals surface area contributed by atoms with Crippen molar-refractivity contribution < 1.29 is 8.42 Å². The predicted octanol–water partition coefficient (Wildman–Crippen LogP) is 3.94. The van der Waals surface area contributed by atoms with Crippen LogP contribution in [0.3, 0.4) is 0 Å². The molecule has 17 heavy (non-hydrogen) atoms. The van der Waals surface area contributed by atoms with Crippen LogP contribution >= 0.6 is 15.9 Å². The summed E-state index contributed by atoms with van der Waals surface area (Å²) in [6, 6.07) is 0. The predicted molar refractivity (Wildman–Crippen MR) is 77.5 cm³/mol. The zero-order valence-electron chi connectivity index (χ0n) is 11.3. The molecule has 0 bridgehead atoms. The highest BCUT2D eigenvalue weighted by molar-refractivity contribution is 9.09. The smallest absolute Gasteiger partial charge is 0.155 e. The highest BCUT2D eigenvalue weighted by Gasteiger charge is 2.39. The van der Waals surface area contributed by atoms with Gasteiger partial charge in [-0.3, -0.25) is 0 Å². The van der Waals surface area contributed by atoms with E-state index in [9.17, 15) is 8.42 Å². The number of hydrogen-bond acceptors (Lipinski definition) is 2. The van der Waals surface area contributed by atoms with E-state index in [0.29, 0.717) is 5.75 Å². The van der Waals surface area contributed by atoms with Crippen molar-refractivity contribution in [2.75, 3.05) is 11.1 Å². The first-order valence-electron chi connectivity index (χ1n) is 6.51. The molecule has 1 aliphatic carbocycles. The second-order valence-corrected chi connectivity index (χ2v) is 9.72. The van der Waals surface area contributed by atoms with Gasteiger partial charge in [0.2, 0.25) is 0 Å². The first-order chi connectivity index (χ1) is 7.72. The molecule has 2 nitrogen and oxygen atoms in total. The van der Waals surface area contributed by atoms with Crippen molar-refractivity contribution in [1.29, 1.82) is 0 Å². The number of hydrogen-bond donors (Lipinski definition) is 0. The Morgan fingerprint density at radius 2 is 1.53 bits per heavy atom.